The Hall–Kier alpha value is -1.68. The van der Waals surface area contributed by atoms with Crippen molar-refractivity contribution in [3.8, 4) is 5.75 Å². The van der Waals surface area contributed by atoms with E-state index in [4.69, 9.17) is 11.6 Å². The summed E-state index contributed by atoms with van der Waals surface area (Å²) in [5.74, 6) is -0.241. The van der Waals surface area contributed by atoms with Crippen LogP contribution in [0.2, 0.25) is 0 Å². The molecule has 0 fully saturated rings. The lowest BCUT2D eigenvalue weighted by Gasteiger charge is -2.11. The van der Waals surface area contributed by atoms with Gasteiger partial charge >= 0.3 is 6.61 Å². The zero-order chi connectivity index (χ0) is 14.5. The molecule has 2 rings (SSSR count). The number of ether oxygens (including phenoxy) is 1. The van der Waals surface area contributed by atoms with E-state index in [0.717, 1.165) is 5.56 Å². The van der Waals surface area contributed by atoms with E-state index in [-0.39, 0.29) is 11.6 Å². The molecule has 0 radical (unpaired) electrons. The molecule has 20 heavy (non-hydrogen) atoms. The highest BCUT2D eigenvalue weighted by Gasteiger charge is 2.12. The van der Waals surface area contributed by atoms with Crippen molar-refractivity contribution in [3.05, 3.63) is 65.5 Å². The smallest absolute Gasteiger partial charge is 0.387 e. The molecule has 5 heteroatoms. The van der Waals surface area contributed by atoms with Crippen LogP contribution in [0.4, 0.5) is 13.2 Å². The van der Waals surface area contributed by atoms with Crippen molar-refractivity contribution in [3.63, 3.8) is 0 Å². The van der Waals surface area contributed by atoms with Crippen molar-refractivity contribution in [2.24, 2.45) is 0 Å². The van der Waals surface area contributed by atoms with Crippen molar-refractivity contribution >= 4 is 11.6 Å². The van der Waals surface area contributed by atoms with Gasteiger partial charge in [0.2, 0.25) is 0 Å². The fourth-order valence-corrected chi connectivity index (χ4v) is 2.14. The van der Waals surface area contributed by atoms with Crippen molar-refractivity contribution in [1.29, 1.82) is 0 Å². The van der Waals surface area contributed by atoms with E-state index in [1.54, 1.807) is 30.3 Å². The van der Waals surface area contributed by atoms with E-state index >= 15 is 0 Å². The lowest BCUT2D eigenvalue weighted by Crippen LogP contribution is -2.02. The fraction of sp³-hybridized carbons (Fsp3) is 0.200. The quantitative estimate of drug-likeness (QED) is 0.710. The Kier molecular flexibility index (Phi) is 4.90. The van der Waals surface area contributed by atoms with Crippen LogP contribution < -0.4 is 4.74 Å². The van der Waals surface area contributed by atoms with E-state index in [9.17, 15) is 13.2 Å². The lowest BCUT2D eigenvalue weighted by atomic mass is 10.0. The van der Waals surface area contributed by atoms with Crippen LogP contribution in [-0.4, -0.2) is 6.61 Å². The molecule has 0 spiro atoms. The second kappa shape index (κ2) is 6.66. The van der Waals surface area contributed by atoms with Crippen LogP contribution in [0.15, 0.2) is 48.5 Å². The third-order valence-electron chi connectivity index (χ3n) is 2.82. The summed E-state index contributed by atoms with van der Waals surface area (Å²) in [4.78, 5) is 0. The molecular weight excluding hydrogens is 289 g/mol. The summed E-state index contributed by atoms with van der Waals surface area (Å²) in [6, 6.07) is 12.4. The zero-order valence-electron chi connectivity index (χ0n) is 10.4. The average Bonchev–Trinajstić information content (AvgIpc) is 2.41. The van der Waals surface area contributed by atoms with Gasteiger partial charge in [0.15, 0.2) is 0 Å². The molecule has 0 aliphatic rings. The van der Waals surface area contributed by atoms with Crippen LogP contribution in [0.5, 0.6) is 5.75 Å². The van der Waals surface area contributed by atoms with E-state index in [1.807, 2.05) is 0 Å². The van der Waals surface area contributed by atoms with Gasteiger partial charge in [-0.15, -0.1) is 11.6 Å². The first kappa shape index (κ1) is 14.7. The molecule has 0 aromatic heterocycles. The summed E-state index contributed by atoms with van der Waals surface area (Å²) in [5, 5.41) is -0.438. The molecule has 2 aromatic rings. The molecule has 0 bridgehead atoms. The maximum atomic E-state index is 13.5. The molecule has 0 aliphatic heterocycles. The molecule has 106 valence electrons. The highest BCUT2D eigenvalue weighted by atomic mass is 35.5. The van der Waals surface area contributed by atoms with Gasteiger partial charge in [0, 0.05) is 0 Å². The zero-order valence-corrected chi connectivity index (χ0v) is 11.2. The summed E-state index contributed by atoms with van der Waals surface area (Å²) in [6.07, 6.45) is 0.323. The van der Waals surface area contributed by atoms with Crippen LogP contribution >= 0.6 is 11.6 Å². The van der Waals surface area contributed by atoms with Gasteiger partial charge in [0.05, 0.1) is 5.38 Å². The second-order valence-corrected chi connectivity index (χ2v) is 4.74. The number of hydrogen-bond donors (Lipinski definition) is 0. The molecular formula is C15H12ClF3O. The second-order valence-electron chi connectivity index (χ2n) is 4.21. The monoisotopic (exact) mass is 300 g/mol. The summed E-state index contributed by atoms with van der Waals surface area (Å²) >= 11 is 6.22. The van der Waals surface area contributed by atoms with E-state index in [1.165, 1.54) is 18.2 Å². The molecule has 0 amide bonds. The minimum Gasteiger partial charge on any atom is -0.435 e. The average molecular weight is 301 g/mol. The van der Waals surface area contributed by atoms with Crippen molar-refractivity contribution in [2.45, 2.75) is 18.4 Å². The van der Waals surface area contributed by atoms with Gasteiger partial charge in [-0.3, -0.25) is 0 Å². The summed E-state index contributed by atoms with van der Waals surface area (Å²) in [5.41, 5.74) is 1.23. The maximum Gasteiger partial charge on any atom is 0.387 e. The highest BCUT2D eigenvalue weighted by molar-refractivity contribution is 6.20. The largest absolute Gasteiger partial charge is 0.435 e. The topological polar surface area (TPSA) is 9.23 Å². The van der Waals surface area contributed by atoms with E-state index in [0.29, 0.717) is 12.0 Å². The van der Waals surface area contributed by atoms with Gasteiger partial charge in [-0.1, -0.05) is 30.3 Å². The Morgan fingerprint density at radius 3 is 2.25 bits per heavy atom. The highest BCUT2D eigenvalue weighted by Crippen LogP contribution is 2.27. The fourth-order valence-electron chi connectivity index (χ4n) is 1.83. The third kappa shape index (κ3) is 3.90. The predicted octanol–water partition coefficient (Wildman–Crippen LogP) is 4.95. The van der Waals surface area contributed by atoms with Gasteiger partial charge in [0.25, 0.3) is 0 Å². The summed E-state index contributed by atoms with van der Waals surface area (Å²) in [6.45, 7) is -2.86. The van der Waals surface area contributed by atoms with Crippen LogP contribution in [0.25, 0.3) is 0 Å². The molecule has 1 nitrogen and oxygen atoms in total. The predicted molar refractivity (Wildman–Crippen MR) is 71.8 cm³/mol. The van der Waals surface area contributed by atoms with Crippen LogP contribution in [0.3, 0.4) is 0 Å². The summed E-state index contributed by atoms with van der Waals surface area (Å²) in [7, 11) is 0. The minimum atomic E-state index is -2.86. The number of halogens is 4. The SMILES string of the molecule is Fc1ccccc1CC(Cl)c1ccc(OC(F)F)cc1. The Balaban J connectivity index is 2.06. The van der Waals surface area contributed by atoms with E-state index < -0.39 is 12.0 Å². The third-order valence-corrected chi connectivity index (χ3v) is 3.23. The maximum absolute atomic E-state index is 13.5. The molecule has 2 aromatic carbocycles. The van der Waals surface area contributed by atoms with Gasteiger partial charge < -0.3 is 4.74 Å². The first-order chi connectivity index (χ1) is 9.56. The van der Waals surface area contributed by atoms with Crippen LogP contribution in [-0.2, 0) is 6.42 Å². The van der Waals surface area contributed by atoms with E-state index in [2.05, 4.69) is 4.74 Å². The van der Waals surface area contributed by atoms with Crippen LogP contribution in [0, 0.1) is 5.82 Å². The van der Waals surface area contributed by atoms with Crippen molar-refractivity contribution in [2.75, 3.05) is 0 Å². The first-order valence-electron chi connectivity index (χ1n) is 5.98. The molecule has 0 saturated heterocycles. The Bertz CT molecular complexity index is 557. The molecule has 0 N–H and O–H groups in total. The molecule has 0 saturated carbocycles. The molecule has 0 heterocycles. The van der Waals surface area contributed by atoms with Crippen molar-refractivity contribution in [1.82, 2.24) is 0 Å². The lowest BCUT2D eigenvalue weighted by molar-refractivity contribution is -0.0498. The Morgan fingerprint density at radius 2 is 1.65 bits per heavy atom. The van der Waals surface area contributed by atoms with Crippen molar-refractivity contribution < 1.29 is 17.9 Å². The Labute approximate surface area is 119 Å². The molecule has 1 unspecified atom stereocenters. The number of benzene rings is 2. The normalized spacial score (nSPS) is 12.4. The standard InChI is InChI=1S/C15H12ClF3O/c16-13(9-11-3-1-2-4-14(11)17)10-5-7-12(8-6-10)20-15(18)19/h1-8,13,15H,9H2. The molecule has 1 atom stereocenters. The van der Waals surface area contributed by atoms with Crippen LogP contribution in [0.1, 0.15) is 16.5 Å². The number of hydrogen-bond acceptors (Lipinski definition) is 1. The number of rotatable bonds is 5. The minimum absolute atomic E-state index is 0.0681. The van der Waals surface area contributed by atoms with Gasteiger partial charge in [0.1, 0.15) is 11.6 Å². The Morgan fingerprint density at radius 1 is 1.00 bits per heavy atom. The first-order valence-corrected chi connectivity index (χ1v) is 6.42. The van der Waals surface area contributed by atoms with Gasteiger partial charge in [-0.25, -0.2) is 4.39 Å². The summed E-state index contributed by atoms with van der Waals surface area (Å²) < 4.78 is 41.8. The molecule has 0 aliphatic carbocycles. The number of alkyl halides is 3. The van der Waals surface area contributed by atoms with Gasteiger partial charge in [-0.2, -0.15) is 8.78 Å². The van der Waals surface area contributed by atoms with Gasteiger partial charge in [-0.05, 0) is 35.7 Å².